The Morgan fingerprint density at radius 2 is 1.74 bits per heavy atom. The minimum Gasteiger partial charge on any atom is -0.431 e. The molecule has 31 heavy (non-hydrogen) atoms. The van der Waals surface area contributed by atoms with Crippen LogP contribution in [-0.2, 0) is 5.75 Å². The Labute approximate surface area is 183 Å². The highest BCUT2D eigenvalue weighted by atomic mass is 32.2. The van der Waals surface area contributed by atoms with Crippen LogP contribution in [0.3, 0.4) is 0 Å². The quantitative estimate of drug-likeness (QED) is 0.350. The predicted octanol–water partition coefficient (Wildman–Crippen LogP) is 5.49. The molecule has 1 atom stereocenters. The third-order valence-electron chi connectivity index (χ3n) is 5.05. The standard InChI is InChI=1S/C24H20N4O2S/c1-15(22-26-18-10-4-5-11-19(18)27-22)25-23(29)17-9-3-2-8-16(17)14-31-24-28-20-12-6-7-13-21(20)30-24/h2-13,15H,14H2,1H3,(H,25,29)(H,26,27). The van der Waals surface area contributed by atoms with Crippen molar-refractivity contribution in [1.29, 1.82) is 0 Å². The zero-order valence-electron chi connectivity index (χ0n) is 16.8. The van der Waals surface area contributed by atoms with Crippen molar-refractivity contribution in [1.82, 2.24) is 20.3 Å². The first kappa shape index (κ1) is 19.4. The van der Waals surface area contributed by atoms with E-state index < -0.39 is 0 Å². The van der Waals surface area contributed by atoms with E-state index in [2.05, 4.69) is 20.3 Å². The number of hydrogen-bond acceptors (Lipinski definition) is 5. The first-order valence-electron chi connectivity index (χ1n) is 9.99. The second-order valence-corrected chi connectivity index (χ2v) is 8.15. The highest BCUT2D eigenvalue weighted by Crippen LogP contribution is 2.27. The van der Waals surface area contributed by atoms with Gasteiger partial charge in [-0.25, -0.2) is 9.97 Å². The lowest BCUT2D eigenvalue weighted by Crippen LogP contribution is -2.28. The summed E-state index contributed by atoms with van der Waals surface area (Å²) in [5, 5.41) is 3.64. The van der Waals surface area contributed by atoms with Crippen LogP contribution in [0.1, 0.15) is 34.7 Å². The van der Waals surface area contributed by atoms with Gasteiger partial charge in [0.15, 0.2) is 5.58 Å². The number of carbonyl (C=O) groups excluding carboxylic acids is 1. The summed E-state index contributed by atoms with van der Waals surface area (Å²) in [6, 6.07) is 22.8. The van der Waals surface area contributed by atoms with Gasteiger partial charge in [-0.15, -0.1) is 0 Å². The lowest BCUT2D eigenvalue weighted by Gasteiger charge is -2.13. The predicted molar refractivity (Wildman–Crippen MR) is 122 cm³/mol. The van der Waals surface area contributed by atoms with Crippen LogP contribution in [0.5, 0.6) is 0 Å². The second-order valence-electron chi connectivity index (χ2n) is 7.23. The highest BCUT2D eigenvalue weighted by molar-refractivity contribution is 7.98. The largest absolute Gasteiger partial charge is 0.431 e. The number of thioether (sulfide) groups is 1. The van der Waals surface area contributed by atoms with E-state index in [0.717, 1.165) is 33.5 Å². The lowest BCUT2D eigenvalue weighted by molar-refractivity contribution is 0.0937. The van der Waals surface area contributed by atoms with Gasteiger partial charge in [-0.1, -0.05) is 54.2 Å². The third kappa shape index (κ3) is 4.04. The summed E-state index contributed by atoms with van der Waals surface area (Å²) in [6.45, 7) is 1.92. The first-order valence-corrected chi connectivity index (χ1v) is 11.0. The van der Waals surface area contributed by atoms with E-state index in [1.54, 1.807) is 0 Å². The maximum Gasteiger partial charge on any atom is 0.257 e. The van der Waals surface area contributed by atoms with Gasteiger partial charge in [-0.05, 0) is 42.8 Å². The lowest BCUT2D eigenvalue weighted by atomic mass is 10.1. The molecule has 7 heteroatoms. The van der Waals surface area contributed by atoms with E-state index in [4.69, 9.17) is 4.42 Å². The van der Waals surface area contributed by atoms with Crippen molar-refractivity contribution in [2.45, 2.75) is 23.9 Å². The molecule has 1 unspecified atom stereocenters. The molecule has 0 bridgehead atoms. The van der Waals surface area contributed by atoms with Gasteiger partial charge in [0.25, 0.3) is 11.1 Å². The number of hydrogen-bond donors (Lipinski definition) is 2. The minimum atomic E-state index is -0.252. The topological polar surface area (TPSA) is 83.8 Å². The van der Waals surface area contributed by atoms with E-state index in [9.17, 15) is 4.79 Å². The smallest absolute Gasteiger partial charge is 0.257 e. The molecular formula is C24H20N4O2S. The first-order chi connectivity index (χ1) is 15.2. The monoisotopic (exact) mass is 428 g/mol. The number of para-hydroxylation sites is 4. The summed E-state index contributed by atoms with van der Waals surface area (Å²) in [7, 11) is 0. The van der Waals surface area contributed by atoms with Crippen LogP contribution in [-0.4, -0.2) is 20.9 Å². The molecule has 5 rings (SSSR count). The van der Waals surface area contributed by atoms with Crippen LogP contribution in [0.4, 0.5) is 0 Å². The van der Waals surface area contributed by atoms with Gasteiger partial charge in [-0.2, -0.15) is 0 Å². The average Bonchev–Trinajstić information content (AvgIpc) is 3.41. The minimum absolute atomic E-state index is 0.137. The Balaban J connectivity index is 1.31. The van der Waals surface area contributed by atoms with Crippen molar-refractivity contribution >= 4 is 39.8 Å². The number of carbonyl (C=O) groups is 1. The molecule has 0 aliphatic rings. The van der Waals surface area contributed by atoms with Crippen LogP contribution in [0, 0.1) is 0 Å². The number of nitrogens with zero attached hydrogens (tertiary/aromatic N) is 2. The van der Waals surface area contributed by atoms with Crippen LogP contribution in [0.2, 0.25) is 0 Å². The number of H-pyrrole nitrogens is 1. The van der Waals surface area contributed by atoms with E-state index >= 15 is 0 Å². The molecular weight excluding hydrogens is 408 g/mol. The van der Waals surface area contributed by atoms with Gasteiger partial charge in [0.1, 0.15) is 11.3 Å². The van der Waals surface area contributed by atoms with Gasteiger partial charge >= 0.3 is 0 Å². The molecule has 0 aliphatic carbocycles. The molecule has 5 aromatic rings. The molecule has 0 saturated carbocycles. The normalized spacial score (nSPS) is 12.3. The summed E-state index contributed by atoms with van der Waals surface area (Å²) in [5.41, 5.74) is 4.98. The van der Waals surface area contributed by atoms with Gasteiger partial charge in [0, 0.05) is 11.3 Å². The summed E-state index contributed by atoms with van der Waals surface area (Å²) in [4.78, 5) is 25.4. The maximum atomic E-state index is 13.0. The molecule has 2 N–H and O–H groups in total. The number of aromatic amines is 1. The molecule has 2 heterocycles. The van der Waals surface area contributed by atoms with Gasteiger partial charge in [-0.3, -0.25) is 4.79 Å². The summed E-state index contributed by atoms with van der Waals surface area (Å²) >= 11 is 1.47. The molecule has 0 fully saturated rings. The number of fused-ring (bicyclic) bond motifs is 2. The Hall–Kier alpha value is -3.58. The Morgan fingerprint density at radius 3 is 2.58 bits per heavy atom. The number of nitrogens with one attached hydrogen (secondary N) is 2. The van der Waals surface area contributed by atoms with Crippen LogP contribution < -0.4 is 5.32 Å². The van der Waals surface area contributed by atoms with Crippen molar-refractivity contribution in [3.63, 3.8) is 0 Å². The van der Waals surface area contributed by atoms with Gasteiger partial charge in [0.2, 0.25) is 0 Å². The number of aromatic nitrogens is 3. The Bertz CT molecular complexity index is 1310. The molecule has 0 saturated heterocycles. The van der Waals surface area contributed by atoms with Crippen molar-refractivity contribution in [2.75, 3.05) is 0 Å². The summed E-state index contributed by atoms with van der Waals surface area (Å²) in [6.07, 6.45) is 0. The SMILES string of the molecule is CC(NC(=O)c1ccccc1CSc1nc2ccccc2o1)c1nc2ccccc2[nH]1. The summed E-state index contributed by atoms with van der Waals surface area (Å²) in [5.74, 6) is 1.17. The molecule has 0 spiro atoms. The number of benzene rings is 3. The zero-order valence-corrected chi connectivity index (χ0v) is 17.6. The molecule has 0 radical (unpaired) electrons. The molecule has 154 valence electrons. The highest BCUT2D eigenvalue weighted by Gasteiger charge is 2.17. The molecule has 2 aromatic heterocycles. The Morgan fingerprint density at radius 1 is 1.00 bits per heavy atom. The van der Waals surface area contributed by atoms with Crippen molar-refractivity contribution in [3.8, 4) is 0 Å². The number of oxazole rings is 1. The van der Waals surface area contributed by atoms with E-state index in [1.807, 2.05) is 79.7 Å². The average molecular weight is 429 g/mol. The van der Waals surface area contributed by atoms with Gasteiger partial charge in [0.05, 0.1) is 17.1 Å². The number of rotatable bonds is 6. The second kappa shape index (κ2) is 8.28. The van der Waals surface area contributed by atoms with Crippen LogP contribution in [0.25, 0.3) is 22.1 Å². The van der Waals surface area contributed by atoms with E-state index in [0.29, 0.717) is 16.5 Å². The molecule has 6 nitrogen and oxygen atoms in total. The number of imidazole rings is 1. The van der Waals surface area contributed by atoms with Crippen molar-refractivity contribution in [3.05, 3.63) is 89.7 Å². The van der Waals surface area contributed by atoms with E-state index in [1.165, 1.54) is 11.8 Å². The fraction of sp³-hybridized carbons (Fsp3) is 0.125. The fourth-order valence-electron chi connectivity index (χ4n) is 3.44. The van der Waals surface area contributed by atoms with Crippen molar-refractivity contribution < 1.29 is 9.21 Å². The van der Waals surface area contributed by atoms with Crippen LogP contribution in [0.15, 0.2) is 82.4 Å². The maximum absolute atomic E-state index is 13.0. The molecule has 1 amide bonds. The number of amides is 1. The molecule has 0 aliphatic heterocycles. The third-order valence-corrected chi connectivity index (χ3v) is 5.93. The van der Waals surface area contributed by atoms with Crippen molar-refractivity contribution in [2.24, 2.45) is 0 Å². The summed E-state index contributed by atoms with van der Waals surface area (Å²) < 4.78 is 5.78. The van der Waals surface area contributed by atoms with Crippen LogP contribution >= 0.6 is 11.8 Å². The molecule has 3 aromatic carbocycles. The zero-order chi connectivity index (χ0) is 21.2. The van der Waals surface area contributed by atoms with Gasteiger partial charge < -0.3 is 14.7 Å². The van der Waals surface area contributed by atoms with E-state index in [-0.39, 0.29) is 11.9 Å². The Kier molecular flexibility index (Phi) is 5.18. The fourth-order valence-corrected chi connectivity index (χ4v) is 4.28.